The number of Topliss-reactive ketones (excluding diaryl/α,β-unsaturated/α-hetero) is 1. The summed E-state index contributed by atoms with van der Waals surface area (Å²) in [5, 5.41) is 9.77. The van der Waals surface area contributed by atoms with Crippen LogP contribution in [-0.2, 0) is 11.2 Å². The summed E-state index contributed by atoms with van der Waals surface area (Å²) in [6, 6.07) is 5.93. The van der Waals surface area contributed by atoms with E-state index in [0.29, 0.717) is 35.2 Å². The lowest BCUT2D eigenvalue weighted by molar-refractivity contribution is -0.133. The second-order valence-corrected chi connectivity index (χ2v) is 8.32. The van der Waals surface area contributed by atoms with Crippen LogP contribution in [-0.4, -0.2) is 10.9 Å². The molecule has 2 nitrogen and oxygen atoms in total. The maximum atomic E-state index is 12.7. The monoisotopic (exact) mass is 298 g/mol. The Morgan fingerprint density at radius 2 is 2.05 bits per heavy atom. The van der Waals surface area contributed by atoms with Crippen LogP contribution in [0.4, 0.5) is 0 Å². The van der Waals surface area contributed by atoms with Crippen molar-refractivity contribution in [2.45, 2.75) is 52.4 Å². The molecule has 0 heterocycles. The van der Waals surface area contributed by atoms with E-state index >= 15 is 0 Å². The third-order valence-electron chi connectivity index (χ3n) is 7.01. The Bertz CT molecular complexity index is 635. The van der Waals surface area contributed by atoms with Crippen LogP contribution >= 0.6 is 0 Å². The van der Waals surface area contributed by atoms with Gasteiger partial charge in [-0.2, -0.15) is 0 Å². The quantitative estimate of drug-likeness (QED) is 0.775. The maximum absolute atomic E-state index is 12.7. The van der Waals surface area contributed by atoms with Gasteiger partial charge in [-0.15, -0.1) is 0 Å². The molecule has 1 aromatic carbocycles. The van der Waals surface area contributed by atoms with Gasteiger partial charge in [0.15, 0.2) is 0 Å². The molecule has 0 radical (unpaired) electrons. The summed E-state index contributed by atoms with van der Waals surface area (Å²) in [6.07, 6.45) is 4.33. The lowest BCUT2D eigenvalue weighted by Crippen LogP contribution is -2.46. The molecular formula is C20H26O2. The second-order valence-electron chi connectivity index (χ2n) is 8.32. The normalized spacial score (nSPS) is 43.4. The zero-order valence-corrected chi connectivity index (χ0v) is 13.8. The minimum absolute atomic E-state index is 0.0889. The zero-order chi connectivity index (χ0) is 15.6. The third kappa shape index (κ3) is 1.76. The molecule has 0 amide bonds. The number of aromatic hydroxyl groups is 1. The number of benzene rings is 1. The SMILES string of the molecule is CC1CC2C3CCc4cc(O)ccc4C3C(C)C[C@]2(C)C1=O. The molecule has 2 fully saturated rings. The van der Waals surface area contributed by atoms with Crippen LogP contribution in [0.2, 0.25) is 0 Å². The van der Waals surface area contributed by atoms with Gasteiger partial charge in [-0.1, -0.05) is 26.8 Å². The van der Waals surface area contributed by atoms with Gasteiger partial charge < -0.3 is 5.11 Å². The predicted octanol–water partition coefficient (Wildman–Crippen LogP) is 4.31. The molecule has 0 bridgehead atoms. The van der Waals surface area contributed by atoms with E-state index in [1.165, 1.54) is 17.5 Å². The summed E-state index contributed by atoms with van der Waals surface area (Å²) >= 11 is 0. The Hall–Kier alpha value is -1.31. The van der Waals surface area contributed by atoms with Crippen molar-refractivity contribution in [1.82, 2.24) is 0 Å². The fourth-order valence-corrected chi connectivity index (χ4v) is 6.23. The summed E-state index contributed by atoms with van der Waals surface area (Å²) in [5.74, 6) is 3.44. The molecule has 5 unspecified atom stereocenters. The fraction of sp³-hybridized carbons (Fsp3) is 0.650. The highest BCUT2D eigenvalue weighted by molar-refractivity contribution is 5.89. The molecule has 2 heteroatoms. The average molecular weight is 298 g/mol. The molecule has 2 saturated carbocycles. The summed E-state index contributed by atoms with van der Waals surface area (Å²) < 4.78 is 0. The molecule has 0 spiro atoms. The van der Waals surface area contributed by atoms with E-state index in [4.69, 9.17) is 0 Å². The summed E-state index contributed by atoms with van der Waals surface area (Å²) in [7, 11) is 0. The number of carbonyl (C=O) groups is 1. The highest BCUT2D eigenvalue weighted by Crippen LogP contribution is 2.62. The van der Waals surface area contributed by atoms with E-state index in [1.807, 2.05) is 12.1 Å². The molecule has 0 aliphatic heterocycles. The Balaban J connectivity index is 1.78. The van der Waals surface area contributed by atoms with Crippen LogP contribution in [0.3, 0.4) is 0 Å². The van der Waals surface area contributed by atoms with E-state index in [0.717, 1.165) is 19.3 Å². The molecule has 118 valence electrons. The van der Waals surface area contributed by atoms with Gasteiger partial charge in [-0.3, -0.25) is 4.79 Å². The number of fused-ring (bicyclic) bond motifs is 5. The predicted molar refractivity (Wildman–Crippen MR) is 86.8 cm³/mol. The number of hydrogen-bond donors (Lipinski definition) is 1. The third-order valence-corrected chi connectivity index (χ3v) is 7.01. The molecule has 0 aromatic heterocycles. The highest BCUT2D eigenvalue weighted by atomic mass is 16.3. The molecule has 3 aliphatic rings. The topological polar surface area (TPSA) is 37.3 Å². The van der Waals surface area contributed by atoms with Crippen LogP contribution < -0.4 is 0 Å². The molecule has 3 aliphatic carbocycles. The lowest BCUT2D eigenvalue weighted by atomic mass is 9.52. The minimum atomic E-state index is -0.0889. The van der Waals surface area contributed by atoms with Gasteiger partial charge in [-0.05, 0) is 72.6 Å². The first kappa shape index (κ1) is 14.3. The lowest BCUT2D eigenvalue weighted by Gasteiger charge is -2.51. The van der Waals surface area contributed by atoms with Crippen molar-refractivity contribution in [1.29, 1.82) is 0 Å². The minimum Gasteiger partial charge on any atom is -0.508 e. The van der Waals surface area contributed by atoms with Gasteiger partial charge in [0.1, 0.15) is 11.5 Å². The molecule has 1 N–H and O–H groups in total. The Kier molecular flexibility index (Phi) is 2.99. The van der Waals surface area contributed by atoms with Crippen molar-refractivity contribution >= 4 is 5.78 Å². The number of phenols is 1. The number of aryl methyl sites for hydroxylation is 1. The number of rotatable bonds is 0. The van der Waals surface area contributed by atoms with Crippen molar-refractivity contribution in [3.8, 4) is 5.75 Å². The van der Waals surface area contributed by atoms with Crippen LogP contribution in [0.5, 0.6) is 5.75 Å². The van der Waals surface area contributed by atoms with Crippen molar-refractivity contribution in [3.05, 3.63) is 29.3 Å². The summed E-state index contributed by atoms with van der Waals surface area (Å²) in [4.78, 5) is 12.7. The van der Waals surface area contributed by atoms with E-state index < -0.39 is 0 Å². The molecule has 0 saturated heterocycles. The second kappa shape index (κ2) is 4.59. The van der Waals surface area contributed by atoms with Crippen LogP contribution in [0, 0.1) is 29.1 Å². The number of hydrogen-bond acceptors (Lipinski definition) is 2. The van der Waals surface area contributed by atoms with Crippen molar-refractivity contribution in [2.24, 2.45) is 29.1 Å². The largest absolute Gasteiger partial charge is 0.508 e. The van der Waals surface area contributed by atoms with E-state index in [-0.39, 0.29) is 11.3 Å². The van der Waals surface area contributed by atoms with Crippen LogP contribution in [0.25, 0.3) is 0 Å². The average Bonchev–Trinajstić information content (AvgIpc) is 2.70. The van der Waals surface area contributed by atoms with E-state index in [2.05, 4.69) is 26.8 Å². The molecule has 4 rings (SSSR count). The van der Waals surface area contributed by atoms with E-state index in [9.17, 15) is 9.90 Å². The van der Waals surface area contributed by atoms with Gasteiger partial charge in [0, 0.05) is 11.3 Å². The smallest absolute Gasteiger partial charge is 0.141 e. The number of carbonyl (C=O) groups excluding carboxylic acids is 1. The number of phenolic OH excluding ortho intramolecular Hbond substituents is 1. The molecule has 1 aromatic rings. The van der Waals surface area contributed by atoms with Gasteiger partial charge >= 0.3 is 0 Å². The first-order valence-corrected chi connectivity index (χ1v) is 8.78. The van der Waals surface area contributed by atoms with Gasteiger partial charge in [0.2, 0.25) is 0 Å². The molecular weight excluding hydrogens is 272 g/mol. The van der Waals surface area contributed by atoms with Gasteiger partial charge in [-0.25, -0.2) is 0 Å². The van der Waals surface area contributed by atoms with Crippen molar-refractivity contribution in [2.75, 3.05) is 0 Å². The van der Waals surface area contributed by atoms with Crippen molar-refractivity contribution in [3.63, 3.8) is 0 Å². The molecule has 6 atom stereocenters. The van der Waals surface area contributed by atoms with Gasteiger partial charge in [0.25, 0.3) is 0 Å². The Labute approximate surface area is 132 Å². The Morgan fingerprint density at radius 3 is 2.82 bits per heavy atom. The van der Waals surface area contributed by atoms with E-state index in [1.54, 1.807) is 0 Å². The standard InChI is InChI=1S/C20H26O2/c1-11-8-17-16-6-4-13-9-14(21)5-7-15(13)18(16)12(2)10-20(17,3)19(11)22/h5,7,9,11-12,16-18,21H,4,6,8,10H2,1-3H3/t11?,12?,16?,17?,18?,20-/m0/s1. The zero-order valence-electron chi connectivity index (χ0n) is 13.8. The first-order chi connectivity index (χ1) is 10.4. The van der Waals surface area contributed by atoms with Crippen LogP contribution in [0.1, 0.15) is 57.1 Å². The van der Waals surface area contributed by atoms with Gasteiger partial charge in [0.05, 0.1) is 0 Å². The maximum Gasteiger partial charge on any atom is 0.141 e. The summed E-state index contributed by atoms with van der Waals surface area (Å²) in [5.41, 5.74) is 2.68. The molecule has 22 heavy (non-hydrogen) atoms. The summed E-state index contributed by atoms with van der Waals surface area (Å²) in [6.45, 7) is 6.69. The highest BCUT2D eigenvalue weighted by Gasteiger charge is 2.58. The first-order valence-electron chi connectivity index (χ1n) is 8.78. The number of ketones is 1. The van der Waals surface area contributed by atoms with Crippen LogP contribution in [0.15, 0.2) is 18.2 Å². The Morgan fingerprint density at radius 1 is 1.27 bits per heavy atom. The fourth-order valence-electron chi connectivity index (χ4n) is 6.23. The van der Waals surface area contributed by atoms with Crippen molar-refractivity contribution < 1.29 is 9.90 Å².